The third-order valence-electron chi connectivity index (χ3n) is 10.9. The molecule has 0 amide bonds. The molecular formula is C48H27N3S. The lowest BCUT2D eigenvalue weighted by atomic mass is 9.88. The van der Waals surface area contributed by atoms with E-state index in [2.05, 4.69) is 168 Å². The Morgan fingerprint density at radius 2 is 0.942 bits per heavy atom. The van der Waals surface area contributed by atoms with Crippen LogP contribution in [0.1, 0.15) is 0 Å². The standard InChI is InChI=1S/C48H27N3S/c1-2-14-28(15-3-1)46-45-37(26-27-40-42(45)36-23-11-13-25-39(36)52-40)49-48(50-46)51-38-24-12-10-22-35(38)44-43-32-19-7-5-17-30(32)29-16-4-6-18-31(29)41(43)33-20-8-9-21-34(33)47(44)51/h1-27H. The van der Waals surface area contributed by atoms with Crippen molar-refractivity contribution in [2.75, 3.05) is 0 Å². The normalized spacial score (nSPS) is 12.2. The van der Waals surface area contributed by atoms with E-state index < -0.39 is 0 Å². The van der Waals surface area contributed by atoms with Gasteiger partial charge in [0.15, 0.2) is 0 Å². The number of benzene rings is 9. The van der Waals surface area contributed by atoms with Crippen molar-refractivity contribution in [1.29, 1.82) is 0 Å². The molecule has 4 heteroatoms. The lowest BCUT2D eigenvalue weighted by Gasteiger charge is -2.16. The quantitative estimate of drug-likeness (QED) is 0.171. The largest absolute Gasteiger partial charge is 0.277 e. The first-order valence-corrected chi connectivity index (χ1v) is 18.5. The molecule has 0 N–H and O–H groups in total. The Morgan fingerprint density at radius 3 is 1.69 bits per heavy atom. The second-order valence-electron chi connectivity index (χ2n) is 13.6. The molecule has 0 fully saturated rings. The van der Waals surface area contributed by atoms with Gasteiger partial charge in [-0.2, -0.15) is 0 Å². The average Bonchev–Trinajstić information content (AvgIpc) is 3.77. The number of hydrogen-bond donors (Lipinski definition) is 0. The van der Waals surface area contributed by atoms with Crippen LogP contribution in [0.5, 0.6) is 0 Å². The molecule has 0 unspecified atom stereocenters. The Labute approximate surface area is 301 Å². The summed E-state index contributed by atoms with van der Waals surface area (Å²) in [4.78, 5) is 11.1. The summed E-state index contributed by atoms with van der Waals surface area (Å²) in [5.74, 6) is 0.672. The molecule has 0 aliphatic rings. The summed E-state index contributed by atoms with van der Waals surface area (Å²) >= 11 is 1.83. The molecule has 0 radical (unpaired) electrons. The second kappa shape index (κ2) is 10.5. The fraction of sp³-hybridized carbons (Fsp3) is 0. The molecule has 3 aromatic heterocycles. The monoisotopic (exact) mass is 677 g/mol. The SMILES string of the molecule is c1ccc(-c2nc(-n3c4ccccc4c4c5c6ccccc6c6ccccc6c5c5ccccc5c43)nc3ccc4sc5ccccc5c4c23)cc1. The maximum absolute atomic E-state index is 5.61. The van der Waals surface area contributed by atoms with Gasteiger partial charge in [0.1, 0.15) is 0 Å². The van der Waals surface area contributed by atoms with Gasteiger partial charge in [-0.15, -0.1) is 11.3 Å². The Hall–Kier alpha value is -6.62. The topological polar surface area (TPSA) is 30.7 Å². The summed E-state index contributed by atoms with van der Waals surface area (Å²) in [5.41, 5.74) is 5.18. The summed E-state index contributed by atoms with van der Waals surface area (Å²) in [6.07, 6.45) is 0. The molecular weight excluding hydrogens is 651 g/mol. The predicted octanol–water partition coefficient (Wildman–Crippen LogP) is 13.4. The van der Waals surface area contributed by atoms with E-state index in [1.807, 2.05) is 11.3 Å². The Kier molecular flexibility index (Phi) is 5.65. The zero-order valence-electron chi connectivity index (χ0n) is 27.8. The van der Waals surface area contributed by atoms with Crippen molar-refractivity contribution >= 4 is 107 Å². The highest BCUT2D eigenvalue weighted by Crippen LogP contribution is 2.48. The summed E-state index contributed by atoms with van der Waals surface area (Å²) in [6, 6.07) is 59.2. The molecule has 0 atom stereocenters. The van der Waals surface area contributed by atoms with Gasteiger partial charge in [0, 0.05) is 52.7 Å². The first-order valence-electron chi connectivity index (χ1n) is 17.7. The fourth-order valence-corrected chi connectivity index (χ4v) is 9.99. The van der Waals surface area contributed by atoms with Gasteiger partial charge in [-0.25, -0.2) is 9.97 Å². The highest BCUT2D eigenvalue weighted by atomic mass is 32.1. The zero-order chi connectivity index (χ0) is 33.9. The van der Waals surface area contributed by atoms with Crippen LogP contribution in [0, 0.1) is 0 Å². The Bertz CT molecular complexity index is 3470. The maximum Gasteiger partial charge on any atom is 0.235 e. The molecule has 0 aliphatic heterocycles. The minimum Gasteiger partial charge on any atom is -0.277 e. The highest BCUT2D eigenvalue weighted by Gasteiger charge is 2.24. The molecule has 0 bridgehead atoms. The van der Waals surface area contributed by atoms with Crippen molar-refractivity contribution in [3.05, 3.63) is 164 Å². The van der Waals surface area contributed by atoms with Gasteiger partial charge in [0.25, 0.3) is 0 Å². The first-order chi connectivity index (χ1) is 25.8. The number of nitrogens with zero attached hydrogens (tertiary/aromatic N) is 3. The maximum atomic E-state index is 5.61. The van der Waals surface area contributed by atoms with Gasteiger partial charge in [-0.3, -0.25) is 4.57 Å². The summed E-state index contributed by atoms with van der Waals surface area (Å²) in [7, 11) is 0. The van der Waals surface area contributed by atoms with E-state index in [0.29, 0.717) is 5.95 Å². The molecule has 0 saturated heterocycles. The van der Waals surface area contributed by atoms with Gasteiger partial charge in [0.05, 0.1) is 22.2 Å². The molecule has 12 aromatic rings. The fourth-order valence-electron chi connectivity index (χ4n) is 8.88. The molecule has 3 nitrogen and oxygen atoms in total. The van der Waals surface area contributed by atoms with E-state index in [4.69, 9.17) is 9.97 Å². The molecule has 3 heterocycles. The smallest absolute Gasteiger partial charge is 0.235 e. The van der Waals surface area contributed by atoms with Gasteiger partial charge in [0.2, 0.25) is 5.95 Å². The van der Waals surface area contributed by atoms with Crippen molar-refractivity contribution in [1.82, 2.24) is 14.5 Å². The van der Waals surface area contributed by atoms with Crippen LogP contribution in [0.3, 0.4) is 0 Å². The number of fused-ring (bicyclic) bond motifs is 18. The molecule has 0 spiro atoms. The van der Waals surface area contributed by atoms with E-state index in [1.54, 1.807) is 0 Å². The number of hydrogen-bond acceptors (Lipinski definition) is 3. The van der Waals surface area contributed by atoms with Crippen LogP contribution in [-0.4, -0.2) is 14.5 Å². The highest BCUT2D eigenvalue weighted by molar-refractivity contribution is 7.26. The van der Waals surface area contributed by atoms with Crippen LogP contribution in [0.25, 0.3) is 113 Å². The summed E-state index contributed by atoms with van der Waals surface area (Å²) < 4.78 is 4.85. The van der Waals surface area contributed by atoms with Crippen molar-refractivity contribution < 1.29 is 0 Å². The molecule has 9 aromatic carbocycles. The number of rotatable bonds is 2. The van der Waals surface area contributed by atoms with E-state index in [-0.39, 0.29) is 0 Å². The molecule has 0 saturated carbocycles. The van der Waals surface area contributed by atoms with Crippen LogP contribution in [-0.2, 0) is 0 Å². The number of thiophene rings is 1. The third-order valence-corrected chi connectivity index (χ3v) is 12.1. The number of para-hydroxylation sites is 1. The Balaban J connectivity index is 1.33. The molecule has 52 heavy (non-hydrogen) atoms. The van der Waals surface area contributed by atoms with Crippen LogP contribution in [0.4, 0.5) is 0 Å². The van der Waals surface area contributed by atoms with Crippen molar-refractivity contribution in [2.45, 2.75) is 0 Å². The van der Waals surface area contributed by atoms with Crippen molar-refractivity contribution in [3.8, 4) is 17.2 Å². The lowest BCUT2D eigenvalue weighted by molar-refractivity contribution is 1.02. The van der Waals surface area contributed by atoms with E-state index in [0.717, 1.165) is 33.2 Å². The van der Waals surface area contributed by atoms with Crippen molar-refractivity contribution in [2.24, 2.45) is 0 Å². The molecule has 12 rings (SSSR count). The van der Waals surface area contributed by atoms with E-state index in [1.165, 1.54) is 74.0 Å². The van der Waals surface area contributed by atoms with E-state index >= 15 is 0 Å². The minimum absolute atomic E-state index is 0.672. The lowest BCUT2D eigenvalue weighted by Crippen LogP contribution is -2.04. The van der Waals surface area contributed by atoms with Gasteiger partial charge >= 0.3 is 0 Å². The minimum atomic E-state index is 0.672. The average molecular weight is 678 g/mol. The van der Waals surface area contributed by atoms with Gasteiger partial charge < -0.3 is 0 Å². The second-order valence-corrected chi connectivity index (χ2v) is 14.7. The zero-order valence-corrected chi connectivity index (χ0v) is 28.7. The molecule has 0 aliphatic carbocycles. The van der Waals surface area contributed by atoms with E-state index in [9.17, 15) is 0 Å². The van der Waals surface area contributed by atoms with Gasteiger partial charge in [-0.1, -0.05) is 140 Å². The predicted molar refractivity (Wildman–Crippen MR) is 222 cm³/mol. The van der Waals surface area contributed by atoms with Crippen LogP contribution < -0.4 is 0 Å². The van der Waals surface area contributed by atoms with Crippen molar-refractivity contribution in [3.63, 3.8) is 0 Å². The van der Waals surface area contributed by atoms with Crippen LogP contribution in [0.2, 0.25) is 0 Å². The first kappa shape index (κ1) is 28.1. The number of aromatic nitrogens is 3. The third kappa shape index (κ3) is 3.69. The summed E-state index contributed by atoms with van der Waals surface area (Å²) in [6.45, 7) is 0. The summed E-state index contributed by atoms with van der Waals surface area (Å²) in [5, 5.41) is 16.0. The van der Waals surface area contributed by atoms with Gasteiger partial charge in [-0.05, 0) is 56.6 Å². The van der Waals surface area contributed by atoms with Crippen LogP contribution >= 0.6 is 11.3 Å². The van der Waals surface area contributed by atoms with Crippen LogP contribution in [0.15, 0.2) is 164 Å². The Morgan fingerprint density at radius 1 is 0.365 bits per heavy atom. The molecule has 240 valence electrons.